The van der Waals surface area contributed by atoms with Crippen LogP contribution in [0, 0.1) is 0 Å². The van der Waals surface area contributed by atoms with E-state index in [1.807, 2.05) is 37.3 Å². The fraction of sp³-hybridized carbons (Fsp3) is 0.214. The second-order valence-electron chi connectivity index (χ2n) is 4.66. The van der Waals surface area contributed by atoms with Crippen LogP contribution in [-0.4, -0.2) is 22.6 Å². The number of nitrogens with one attached hydrogen (secondary N) is 2. The van der Waals surface area contributed by atoms with Crippen molar-refractivity contribution >= 4 is 5.91 Å². The first-order valence-corrected chi connectivity index (χ1v) is 6.19. The molecule has 6 nitrogen and oxygen atoms in total. The summed E-state index contributed by atoms with van der Waals surface area (Å²) in [7, 11) is 0. The number of carbonyl (C=O) groups is 1. The van der Waals surface area contributed by atoms with Crippen LogP contribution in [0.25, 0.3) is 0 Å². The molecule has 1 heterocycles. The lowest BCUT2D eigenvalue weighted by molar-refractivity contribution is 0.0901. The van der Waals surface area contributed by atoms with E-state index in [2.05, 4.69) is 15.5 Å². The summed E-state index contributed by atoms with van der Waals surface area (Å²) in [5, 5.41) is 8.77. The van der Waals surface area contributed by atoms with Gasteiger partial charge in [0.15, 0.2) is 0 Å². The Kier molecular flexibility index (Phi) is 3.95. The zero-order chi connectivity index (χ0) is 14.6. The quantitative estimate of drug-likeness (QED) is 0.748. The van der Waals surface area contributed by atoms with Gasteiger partial charge in [-0.15, -0.1) is 0 Å². The lowest BCUT2D eigenvalue weighted by Gasteiger charge is -2.29. The van der Waals surface area contributed by atoms with Gasteiger partial charge in [-0.2, -0.15) is 5.10 Å². The molecular weight excluding hydrogens is 256 g/mol. The van der Waals surface area contributed by atoms with Gasteiger partial charge in [-0.25, -0.2) is 5.10 Å². The van der Waals surface area contributed by atoms with Crippen molar-refractivity contribution in [1.29, 1.82) is 0 Å². The van der Waals surface area contributed by atoms with E-state index >= 15 is 0 Å². The van der Waals surface area contributed by atoms with Crippen LogP contribution in [-0.2, 0) is 5.54 Å². The molecule has 2 aromatic rings. The van der Waals surface area contributed by atoms with Crippen molar-refractivity contribution in [3.8, 4) is 0 Å². The maximum Gasteiger partial charge on any atom is 0.272 e. The molecule has 0 saturated heterocycles. The van der Waals surface area contributed by atoms with Crippen LogP contribution in [0.4, 0.5) is 0 Å². The molecule has 0 radical (unpaired) electrons. The minimum atomic E-state index is -0.698. The standard InChI is InChI=1S/C14H16N4O2/c1-14(9-15,10-5-3-2-4-6-10)16-13(20)11-7-8-12(19)18-17-11/h2-8H,9,15H2,1H3,(H,16,20)(H,18,19). The highest BCUT2D eigenvalue weighted by Crippen LogP contribution is 2.19. The van der Waals surface area contributed by atoms with Crippen molar-refractivity contribution in [1.82, 2.24) is 15.5 Å². The first-order valence-electron chi connectivity index (χ1n) is 6.19. The van der Waals surface area contributed by atoms with Crippen molar-refractivity contribution in [3.05, 3.63) is 64.1 Å². The third-order valence-electron chi connectivity index (χ3n) is 3.12. The molecule has 1 atom stereocenters. The molecule has 0 saturated carbocycles. The van der Waals surface area contributed by atoms with Crippen LogP contribution in [0.5, 0.6) is 0 Å². The topological polar surface area (TPSA) is 101 Å². The number of H-pyrrole nitrogens is 1. The lowest BCUT2D eigenvalue weighted by atomic mass is 9.92. The highest BCUT2D eigenvalue weighted by atomic mass is 16.2. The zero-order valence-electron chi connectivity index (χ0n) is 11.1. The van der Waals surface area contributed by atoms with Gasteiger partial charge in [0, 0.05) is 12.6 Å². The molecule has 1 aromatic heterocycles. The number of aromatic nitrogens is 2. The van der Waals surface area contributed by atoms with E-state index < -0.39 is 11.4 Å². The summed E-state index contributed by atoms with van der Waals surface area (Å²) in [5.41, 5.74) is 5.79. The van der Waals surface area contributed by atoms with E-state index in [1.165, 1.54) is 12.1 Å². The van der Waals surface area contributed by atoms with Gasteiger partial charge in [0.2, 0.25) is 0 Å². The van der Waals surface area contributed by atoms with E-state index in [4.69, 9.17) is 5.73 Å². The molecule has 1 amide bonds. The van der Waals surface area contributed by atoms with Crippen molar-refractivity contribution in [2.45, 2.75) is 12.5 Å². The second kappa shape index (κ2) is 5.66. The molecule has 104 valence electrons. The number of hydrogen-bond acceptors (Lipinski definition) is 4. The largest absolute Gasteiger partial charge is 0.340 e. The Morgan fingerprint density at radius 3 is 2.55 bits per heavy atom. The number of aromatic amines is 1. The molecule has 2 rings (SSSR count). The van der Waals surface area contributed by atoms with Gasteiger partial charge in [0.25, 0.3) is 11.5 Å². The van der Waals surface area contributed by atoms with Crippen LogP contribution in [0.2, 0.25) is 0 Å². The molecular formula is C14H16N4O2. The Morgan fingerprint density at radius 1 is 1.30 bits per heavy atom. The Labute approximate surface area is 116 Å². The van der Waals surface area contributed by atoms with Crippen molar-refractivity contribution < 1.29 is 4.79 Å². The summed E-state index contributed by atoms with van der Waals surface area (Å²) in [5.74, 6) is -0.391. The summed E-state index contributed by atoms with van der Waals surface area (Å²) in [6.07, 6.45) is 0. The number of benzene rings is 1. The predicted molar refractivity (Wildman–Crippen MR) is 75.2 cm³/mol. The number of nitrogens with zero attached hydrogens (tertiary/aromatic N) is 1. The molecule has 4 N–H and O–H groups in total. The molecule has 1 aromatic carbocycles. The number of rotatable bonds is 4. The van der Waals surface area contributed by atoms with E-state index in [1.54, 1.807) is 0 Å². The third-order valence-corrected chi connectivity index (χ3v) is 3.12. The predicted octanol–water partition coefficient (Wildman–Crippen LogP) is 0.374. The monoisotopic (exact) mass is 272 g/mol. The first-order chi connectivity index (χ1) is 9.55. The summed E-state index contributed by atoms with van der Waals surface area (Å²) >= 11 is 0. The lowest BCUT2D eigenvalue weighted by Crippen LogP contribution is -2.49. The van der Waals surface area contributed by atoms with Crippen molar-refractivity contribution in [2.24, 2.45) is 5.73 Å². The number of nitrogens with two attached hydrogens (primary N) is 1. The van der Waals surface area contributed by atoms with Crippen LogP contribution in [0.15, 0.2) is 47.3 Å². The highest BCUT2D eigenvalue weighted by Gasteiger charge is 2.27. The van der Waals surface area contributed by atoms with Gasteiger partial charge in [-0.1, -0.05) is 30.3 Å². The van der Waals surface area contributed by atoms with E-state index in [0.29, 0.717) is 0 Å². The van der Waals surface area contributed by atoms with Crippen molar-refractivity contribution in [2.75, 3.05) is 6.54 Å². The molecule has 0 spiro atoms. The maximum absolute atomic E-state index is 12.2. The SMILES string of the molecule is CC(CN)(NC(=O)c1ccc(=O)[nH]n1)c1ccccc1. The summed E-state index contributed by atoms with van der Waals surface area (Å²) in [4.78, 5) is 23.1. The molecule has 0 bridgehead atoms. The van der Waals surface area contributed by atoms with Gasteiger partial charge in [-0.05, 0) is 18.6 Å². The Hall–Kier alpha value is -2.47. The number of carbonyl (C=O) groups excluding carboxylic acids is 1. The molecule has 1 unspecified atom stereocenters. The average molecular weight is 272 g/mol. The van der Waals surface area contributed by atoms with E-state index in [9.17, 15) is 9.59 Å². The smallest absolute Gasteiger partial charge is 0.272 e. The molecule has 0 aliphatic heterocycles. The van der Waals surface area contributed by atoms with Crippen LogP contribution in [0.1, 0.15) is 23.0 Å². The molecule has 6 heteroatoms. The normalized spacial score (nSPS) is 13.5. The summed E-state index contributed by atoms with van der Waals surface area (Å²) in [6.45, 7) is 2.08. The van der Waals surface area contributed by atoms with Gasteiger partial charge in [0.1, 0.15) is 5.69 Å². The molecule has 20 heavy (non-hydrogen) atoms. The van der Waals surface area contributed by atoms with Gasteiger partial charge in [-0.3, -0.25) is 9.59 Å². The fourth-order valence-electron chi connectivity index (χ4n) is 1.83. The Bertz CT molecular complexity index is 633. The van der Waals surface area contributed by atoms with Gasteiger partial charge < -0.3 is 11.1 Å². The van der Waals surface area contributed by atoms with Crippen LogP contribution >= 0.6 is 0 Å². The highest BCUT2D eigenvalue weighted by molar-refractivity contribution is 5.92. The van der Waals surface area contributed by atoms with Crippen LogP contribution < -0.4 is 16.6 Å². The molecule has 0 fully saturated rings. The van der Waals surface area contributed by atoms with Crippen molar-refractivity contribution in [3.63, 3.8) is 0 Å². The zero-order valence-corrected chi connectivity index (χ0v) is 11.1. The first kappa shape index (κ1) is 14.0. The van der Waals surface area contributed by atoms with E-state index in [-0.39, 0.29) is 17.8 Å². The minimum absolute atomic E-state index is 0.139. The Morgan fingerprint density at radius 2 is 2.00 bits per heavy atom. The number of hydrogen-bond donors (Lipinski definition) is 3. The van der Waals surface area contributed by atoms with Crippen LogP contribution in [0.3, 0.4) is 0 Å². The summed E-state index contributed by atoms with van der Waals surface area (Å²) in [6, 6.07) is 12.1. The number of amides is 1. The molecule has 0 aliphatic carbocycles. The van der Waals surface area contributed by atoms with E-state index in [0.717, 1.165) is 5.56 Å². The second-order valence-corrected chi connectivity index (χ2v) is 4.66. The van der Waals surface area contributed by atoms with Gasteiger partial charge >= 0.3 is 0 Å². The average Bonchev–Trinajstić information content (AvgIpc) is 2.48. The Balaban J connectivity index is 2.24. The fourth-order valence-corrected chi connectivity index (χ4v) is 1.83. The summed E-state index contributed by atoms with van der Waals surface area (Å²) < 4.78 is 0. The maximum atomic E-state index is 12.2. The third kappa shape index (κ3) is 2.92. The molecule has 0 aliphatic rings. The van der Waals surface area contributed by atoms with Gasteiger partial charge in [0.05, 0.1) is 5.54 Å². The minimum Gasteiger partial charge on any atom is -0.340 e.